The van der Waals surface area contributed by atoms with Crippen LogP contribution >= 0.6 is 27.3 Å². The molecule has 5 rings (SSSR count). The molecule has 4 aromatic rings. The van der Waals surface area contributed by atoms with Crippen LogP contribution in [0.3, 0.4) is 0 Å². The molecule has 1 atom stereocenters. The molecule has 1 aliphatic rings. The smallest absolute Gasteiger partial charge is 0.338 e. The van der Waals surface area contributed by atoms with Gasteiger partial charge in [-0.25, -0.2) is 9.79 Å². The van der Waals surface area contributed by atoms with Crippen molar-refractivity contribution in [3.63, 3.8) is 0 Å². The summed E-state index contributed by atoms with van der Waals surface area (Å²) in [5.41, 5.74) is 5.58. The molecule has 9 heteroatoms. The van der Waals surface area contributed by atoms with Crippen LogP contribution in [0.5, 0.6) is 5.75 Å². The van der Waals surface area contributed by atoms with Crippen molar-refractivity contribution in [1.29, 1.82) is 0 Å². The molecule has 0 fully saturated rings. The van der Waals surface area contributed by atoms with E-state index in [-0.39, 0.29) is 12.2 Å². The molecule has 2 aromatic heterocycles. The summed E-state index contributed by atoms with van der Waals surface area (Å²) < 4.78 is 16.4. The monoisotopic (exact) mass is 633 g/mol. The summed E-state index contributed by atoms with van der Waals surface area (Å²) in [5, 5.41) is 0. The third-order valence-corrected chi connectivity index (χ3v) is 8.63. The van der Waals surface area contributed by atoms with Crippen LogP contribution in [-0.4, -0.2) is 28.8 Å². The summed E-state index contributed by atoms with van der Waals surface area (Å²) in [6.45, 7) is 8.13. The van der Waals surface area contributed by atoms with Crippen molar-refractivity contribution < 1.29 is 14.3 Å². The molecule has 1 aliphatic heterocycles. The number of benzene rings is 2. The highest BCUT2D eigenvalue weighted by Crippen LogP contribution is 2.38. The van der Waals surface area contributed by atoms with Crippen molar-refractivity contribution in [3.05, 3.63) is 113 Å². The first-order chi connectivity index (χ1) is 19.8. The molecule has 0 bridgehead atoms. The van der Waals surface area contributed by atoms with Crippen LogP contribution in [0.1, 0.15) is 55.2 Å². The fourth-order valence-corrected chi connectivity index (χ4v) is 6.77. The second kappa shape index (κ2) is 12.0. The molecule has 0 saturated heterocycles. The number of aryl methyl sites for hydroxylation is 1. The number of para-hydroxylation sites is 1. The van der Waals surface area contributed by atoms with Gasteiger partial charge in [0, 0.05) is 27.1 Å². The van der Waals surface area contributed by atoms with Crippen molar-refractivity contribution in [2.75, 3.05) is 13.7 Å². The van der Waals surface area contributed by atoms with E-state index in [9.17, 15) is 9.59 Å². The first-order valence-corrected chi connectivity index (χ1v) is 15.2. The quantitative estimate of drug-likeness (QED) is 0.231. The maximum absolute atomic E-state index is 14.2. The van der Waals surface area contributed by atoms with E-state index in [2.05, 4.69) is 52.5 Å². The van der Waals surface area contributed by atoms with E-state index in [1.165, 1.54) is 11.3 Å². The van der Waals surface area contributed by atoms with Crippen molar-refractivity contribution in [1.82, 2.24) is 9.13 Å². The molecule has 3 heterocycles. The standard InChI is InChI=1S/C32H32BrN3O4S/c1-6-11-25-28(31(38)40-7-2)29(24-18-22(33)14-15-26(24)39-5)36-30(37)27(41-32(36)34-25)17-21-16-19(3)35(20(21)4)23-12-9-8-10-13-23/h8-10,12-18,29H,6-7,11H2,1-5H3/b27-17+/t29-/m0/s1. The van der Waals surface area contributed by atoms with Crippen molar-refractivity contribution >= 4 is 39.3 Å². The lowest BCUT2D eigenvalue weighted by Gasteiger charge is -2.27. The van der Waals surface area contributed by atoms with Gasteiger partial charge in [-0.05, 0) is 75.2 Å². The minimum atomic E-state index is -0.752. The average Bonchev–Trinajstić information content (AvgIpc) is 3.42. The first kappa shape index (κ1) is 28.8. The summed E-state index contributed by atoms with van der Waals surface area (Å²) in [6.07, 6.45) is 3.28. The summed E-state index contributed by atoms with van der Waals surface area (Å²) in [4.78, 5) is 33.1. The van der Waals surface area contributed by atoms with Gasteiger partial charge in [0.2, 0.25) is 0 Å². The number of methoxy groups -OCH3 is 1. The van der Waals surface area contributed by atoms with Crippen LogP contribution in [0.15, 0.2) is 80.1 Å². The fourth-order valence-electron chi connectivity index (χ4n) is 5.38. The first-order valence-electron chi connectivity index (χ1n) is 13.6. The Hall–Kier alpha value is -3.69. The van der Waals surface area contributed by atoms with Crippen LogP contribution in [0, 0.1) is 13.8 Å². The van der Waals surface area contributed by atoms with Crippen molar-refractivity contribution in [2.45, 2.75) is 46.6 Å². The van der Waals surface area contributed by atoms with Crippen LogP contribution in [-0.2, 0) is 9.53 Å². The number of halogens is 1. The number of aromatic nitrogens is 2. The van der Waals surface area contributed by atoms with Crippen molar-refractivity contribution in [2.24, 2.45) is 4.99 Å². The van der Waals surface area contributed by atoms with Gasteiger partial charge in [-0.3, -0.25) is 9.36 Å². The third kappa shape index (κ3) is 5.36. The Morgan fingerprint density at radius 2 is 1.88 bits per heavy atom. The molecular formula is C32H32BrN3O4S. The molecule has 212 valence electrons. The van der Waals surface area contributed by atoms with Gasteiger partial charge in [-0.2, -0.15) is 0 Å². The molecule has 0 aliphatic carbocycles. The molecule has 0 N–H and O–H groups in total. The maximum atomic E-state index is 14.2. The molecule has 0 saturated carbocycles. The highest BCUT2D eigenvalue weighted by atomic mass is 79.9. The molecule has 0 amide bonds. The normalized spacial score (nSPS) is 15.1. The Bertz CT molecular complexity index is 1830. The largest absolute Gasteiger partial charge is 0.496 e. The number of nitrogens with zero attached hydrogens (tertiary/aromatic N) is 3. The SMILES string of the molecule is CCCC1=C(C(=O)OCC)[C@H](c2cc(Br)ccc2OC)n2c(s/c(=C/c3cc(C)n(-c4ccccc4)c3C)c2=O)=N1. The lowest BCUT2D eigenvalue weighted by Crippen LogP contribution is -2.40. The van der Waals surface area contributed by atoms with E-state index in [4.69, 9.17) is 14.5 Å². The van der Waals surface area contributed by atoms with Gasteiger partial charge < -0.3 is 14.0 Å². The number of allylic oxidation sites excluding steroid dienone is 1. The number of hydrogen-bond acceptors (Lipinski definition) is 6. The zero-order valence-corrected chi connectivity index (χ0v) is 26.1. The molecule has 41 heavy (non-hydrogen) atoms. The van der Waals surface area contributed by atoms with E-state index >= 15 is 0 Å². The van der Waals surface area contributed by atoms with E-state index in [1.807, 2.05) is 49.4 Å². The third-order valence-electron chi connectivity index (χ3n) is 7.15. The van der Waals surface area contributed by atoms with E-state index in [0.29, 0.717) is 38.3 Å². The number of carbonyl (C=O) groups is 1. The Kier molecular flexibility index (Phi) is 8.47. The Morgan fingerprint density at radius 3 is 2.56 bits per heavy atom. The Balaban J connectivity index is 1.77. The number of ether oxygens (including phenoxy) is 2. The Labute approximate surface area is 251 Å². The van der Waals surface area contributed by atoms with Gasteiger partial charge in [0.25, 0.3) is 5.56 Å². The van der Waals surface area contributed by atoms with Gasteiger partial charge in [0.05, 0.1) is 29.5 Å². The average molecular weight is 635 g/mol. The minimum absolute atomic E-state index is 0.214. The fraction of sp³-hybridized carbons (Fsp3) is 0.281. The highest BCUT2D eigenvalue weighted by Gasteiger charge is 2.36. The van der Waals surface area contributed by atoms with Gasteiger partial charge in [-0.1, -0.05) is 58.8 Å². The van der Waals surface area contributed by atoms with Gasteiger partial charge >= 0.3 is 5.97 Å². The predicted molar refractivity (Wildman–Crippen MR) is 166 cm³/mol. The molecule has 7 nitrogen and oxygen atoms in total. The topological polar surface area (TPSA) is 74.8 Å². The predicted octanol–water partition coefficient (Wildman–Crippen LogP) is 5.76. The lowest BCUT2D eigenvalue weighted by atomic mass is 9.93. The number of rotatable bonds is 8. The summed E-state index contributed by atoms with van der Waals surface area (Å²) in [5.74, 6) is 0.0890. The molecule has 0 spiro atoms. The Morgan fingerprint density at radius 1 is 1.12 bits per heavy atom. The number of fused-ring (bicyclic) bond motifs is 1. The van der Waals surface area contributed by atoms with Crippen LogP contribution < -0.4 is 19.6 Å². The van der Waals surface area contributed by atoms with Gasteiger partial charge in [-0.15, -0.1) is 0 Å². The number of esters is 1. The number of thiazole rings is 1. The van der Waals surface area contributed by atoms with Gasteiger partial charge in [0.15, 0.2) is 4.80 Å². The van der Waals surface area contributed by atoms with Crippen LogP contribution in [0.25, 0.3) is 11.8 Å². The minimum Gasteiger partial charge on any atom is -0.496 e. The summed E-state index contributed by atoms with van der Waals surface area (Å²) in [6, 6.07) is 17.1. The number of hydrogen-bond donors (Lipinski definition) is 0. The molecule has 0 radical (unpaired) electrons. The maximum Gasteiger partial charge on any atom is 0.338 e. The second-order valence-electron chi connectivity index (χ2n) is 9.80. The van der Waals surface area contributed by atoms with Crippen LogP contribution in [0.2, 0.25) is 0 Å². The zero-order chi connectivity index (χ0) is 29.3. The summed E-state index contributed by atoms with van der Waals surface area (Å²) in [7, 11) is 1.58. The van der Waals surface area contributed by atoms with Crippen LogP contribution in [0.4, 0.5) is 0 Å². The zero-order valence-electron chi connectivity index (χ0n) is 23.7. The highest BCUT2D eigenvalue weighted by molar-refractivity contribution is 9.10. The van der Waals surface area contributed by atoms with Gasteiger partial charge in [0.1, 0.15) is 11.8 Å². The number of carbonyl (C=O) groups excluding carboxylic acids is 1. The lowest BCUT2D eigenvalue weighted by molar-refractivity contribution is -0.139. The van der Waals surface area contributed by atoms with E-state index < -0.39 is 12.0 Å². The molecular weight excluding hydrogens is 602 g/mol. The van der Waals surface area contributed by atoms with E-state index in [0.717, 1.165) is 33.5 Å². The second-order valence-corrected chi connectivity index (χ2v) is 11.7. The molecule has 2 aromatic carbocycles. The summed E-state index contributed by atoms with van der Waals surface area (Å²) >= 11 is 4.89. The van der Waals surface area contributed by atoms with E-state index in [1.54, 1.807) is 18.6 Å². The molecule has 0 unspecified atom stereocenters. The van der Waals surface area contributed by atoms with Crippen molar-refractivity contribution in [3.8, 4) is 11.4 Å².